The van der Waals surface area contributed by atoms with Crippen molar-refractivity contribution in [2.24, 2.45) is 0 Å². The Morgan fingerprint density at radius 3 is 2.46 bits per heavy atom. The molecule has 0 saturated carbocycles. The lowest BCUT2D eigenvalue weighted by Crippen LogP contribution is -2.22. The molecule has 1 amide bonds. The first-order chi connectivity index (χ1) is 13.6. The number of rotatable bonds is 8. The Morgan fingerprint density at radius 2 is 1.82 bits per heavy atom. The van der Waals surface area contributed by atoms with Crippen LogP contribution < -0.4 is 14.8 Å². The monoisotopic (exact) mass is 397 g/mol. The molecule has 0 radical (unpaired) electrons. The SMILES string of the molecule is CCOc1ccc(NC(=O)C(C)Sc2nccn2-c2ccc(OC)cc2)cc1. The average Bonchev–Trinajstić information content (AvgIpc) is 3.17. The molecule has 0 bridgehead atoms. The number of nitrogens with zero attached hydrogens (tertiary/aromatic N) is 2. The maximum Gasteiger partial charge on any atom is 0.237 e. The molecule has 1 aromatic heterocycles. The number of carbonyl (C=O) groups excluding carboxylic acids is 1. The quantitative estimate of drug-likeness (QED) is 0.571. The predicted molar refractivity (Wildman–Crippen MR) is 112 cm³/mol. The molecular formula is C21H23N3O3S. The molecule has 2 aromatic carbocycles. The number of benzene rings is 2. The van der Waals surface area contributed by atoms with Crippen LogP contribution in [-0.2, 0) is 4.79 Å². The maximum atomic E-state index is 12.6. The number of imidazole rings is 1. The van der Waals surface area contributed by atoms with Gasteiger partial charge < -0.3 is 14.8 Å². The lowest BCUT2D eigenvalue weighted by Gasteiger charge is -2.14. The van der Waals surface area contributed by atoms with Gasteiger partial charge in [0.15, 0.2) is 5.16 Å². The van der Waals surface area contributed by atoms with E-state index >= 15 is 0 Å². The van der Waals surface area contributed by atoms with Gasteiger partial charge in [-0.05, 0) is 62.4 Å². The summed E-state index contributed by atoms with van der Waals surface area (Å²) in [6.07, 6.45) is 3.60. The second-order valence-corrected chi connectivity index (χ2v) is 7.29. The average molecular weight is 398 g/mol. The van der Waals surface area contributed by atoms with Gasteiger partial charge in [-0.1, -0.05) is 11.8 Å². The standard InChI is InChI=1S/C21H23N3O3S/c1-4-27-19-9-5-16(6-10-19)23-20(25)15(2)28-21-22-13-14-24(21)17-7-11-18(26-3)12-8-17/h5-15H,4H2,1-3H3,(H,23,25). The zero-order valence-corrected chi connectivity index (χ0v) is 16.9. The molecule has 3 rings (SSSR count). The molecular weight excluding hydrogens is 374 g/mol. The number of hydrogen-bond donors (Lipinski definition) is 1. The first-order valence-corrected chi connectivity index (χ1v) is 9.87. The number of methoxy groups -OCH3 is 1. The van der Waals surface area contributed by atoms with Crippen molar-refractivity contribution in [3.63, 3.8) is 0 Å². The van der Waals surface area contributed by atoms with Crippen molar-refractivity contribution in [2.75, 3.05) is 19.0 Å². The van der Waals surface area contributed by atoms with Gasteiger partial charge in [-0.25, -0.2) is 4.98 Å². The van der Waals surface area contributed by atoms with Crippen molar-refractivity contribution in [1.29, 1.82) is 0 Å². The fraction of sp³-hybridized carbons (Fsp3) is 0.238. The van der Waals surface area contributed by atoms with E-state index < -0.39 is 0 Å². The fourth-order valence-corrected chi connectivity index (χ4v) is 3.46. The lowest BCUT2D eigenvalue weighted by molar-refractivity contribution is -0.115. The summed E-state index contributed by atoms with van der Waals surface area (Å²) in [4.78, 5) is 17.0. The van der Waals surface area contributed by atoms with Gasteiger partial charge in [0.1, 0.15) is 11.5 Å². The van der Waals surface area contributed by atoms with Gasteiger partial charge in [-0.3, -0.25) is 9.36 Å². The smallest absolute Gasteiger partial charge is 0.237 e. The van der Waals surface area contributed by atoms with Crippen LogP contribution in [0.1, 0.15) is 13.8 Å². The Balaban J connectivity index is 1.65. The summed E-state index contributed by atoms with van der Waals surface area (Å²) in [6.45, 7) is 4.41. The largest absolute Gasteiger partial charge is 0.497 e. The minimum absolute atomic E-state index is 0.0848. The number of anilines is 1. The van der Waals surface area contributed by atoms with Gasteiger partial charge in [0.05, 0.1) is 19.0 Å². The zero-order chi connectivity index (χ0) is 19.9. The molecule has 1 heterocycles. The van der Waals surface area contributed by atoms with E-state index in [2.05, 4.69) is 10.3 Å². The van der Waals surface area contributed by atoms with Crippen molar-refractivity contribution < 1.29 is 14.3 Å². The van der Waals surface area contributed by atoms with Crippen molar-refractivity contribution in [3.05, 3.63) is 60.9 Å². The molecule has 3 aromatic rings. The van der Waals surface area contributed by atoms with Gasteiger partial charge >= 0.3 is 0 Å². The molecule has 0 aliphatic rings. The number of amides is 1. The highest BCUT2D eigenvalue weighted by atomic mass is 32.2. The summed E-state index contributed by atoms with van der Waals surface area (Å²) in [5, 5.41) is 3.36. The number of nitrogens with one attached hydrogen (secondary N) is 1. The molecule has 6 nitrogen and oxygen atoms in total. The van der Waals surface area contributed by atoms with Gasteiger partial charge in [-0.15, -0.1) is 0 Å². The van der Waals surface area contributed by atoms with Crippen LogP contribution in [0.5, 0.6) is 11.5 Å². The van der Waals surface area contributed by atoms with Crippen LogP contribution in [0, 0.1) is 0 Å². The van der Waals surface area contributed by atoms with E-state index in [-0.39, 0.29) is 11.2 Å². The maximum absolute atomic E-state index is 12.6. The highest BCUT2D eigenvalue weighted by Gasteiger charge is 2.18. The number of thioether (sulfide) groups is 1. The van der Waals surface area contributed by atoms with Crippen LogP contribution in [0.25, 0.3) is 5.69 Å². The van der Waals surface area contributed by atoms with Crippen molar-refractivity contribution in [1.82, 2.24) is 9.55 Å². The minimum atomic E-state index is -0.314. The van der Waals surface area contributed by atoms with E-state index in [0.717, 1.165) is 28.0 Å². The van der Waals surface area contributed by atoms with E-state index in [1.54, 1.807) is 13.3 Å². The molecule has 0 aliphatic heterocycles. The predicted octanol–water partition coefficient (Wildman–Crippen LogP) is 4.40. The van der Waals surface area contributed by atoms with Crippen LogP contribution in [0.3, 0.4) is 0 Å². The van der Waals surface area contributed by atoms with E-state index in [9.17, 15) is 4.79 Å². The molecule has 1 atom stereocenters. The first-order valence-electron chi connectivity index (χ1n) is 8.99. The Bertz CT molecular complexity index is 907. The summed E-state index contributed by atoms with van der Waals surface area (Å²) in [6, 6.07) is 15.0. The molecule has 1 unspecified atom stereocenters. The second-order valence-electron chi connectivity index (χ2n) is 5.98. The normalized spacial score (nSPS) is 11.7. The van der Waals surface area contributed by atoms with Gasteiger partial charge in [0.25, 0.3) is 0 Å². The van der Waals surface area contributed by atoms with E-state index in [1.807, 2.05) is 73.1 Å². The Morgan fingerprint density at radius 1 is 1.14 bits per heavy atom. The van der Waals surface area contributed by atoms with Gasteiger partial charge in [0, 0.05) is 23.8 Å². The molecule has 0 spiro atoms. The molecule has 1 N–H and O–H groups in total. The minimum Gasteiger partial charge on any atom is -0.497 e. The van der Waals surface area contributed by atoms with Crippen molar-refractivity contribution >= 4 is 23.4 Å². The number of hydrogen-bond acceptors (Lipinski definition) is 5. The lowest BCUT2D eigenvalue weighted by atomic mass is 10.3. The third-order valence-corrected chi connectivity index (χ3v) is 5.12. The van der Waals surface area contributed by atoms with E-state index in [1.165, 1.54) is 11.8 Å². The number of carbonyl (C=O) groups is 1. The third-order valence-electron chi connectivity index (χ3n) is 4.04. The summed E-state index contributed by atoms with van der Waals surface area (Å²) >= 11 is 1.40. The van der Waals surface area contributed by atoms with Crippen LogP contribution in [0.15, 0.2) is 66.1 Å². The van der Waals surface area contributed by atoms with Crippen LogP contribution in [0.4, 0.5) is 5.69 Å². The molecule has 0 saturated heterocycles. The van der Waals surface area contributed by atoms with Crippen LogP contribution in [0.2, 0.25) is 0 Å². The fourth-order valence-electron chi connectivity index (χ4n) is 2.57. The molecule has 0 aliphatic carbocycles. The highest BCUT2D eigenvalue weighted by Crippen LogP contribution is 2.26. The van der Waals surface area contributed by atoms with Crippen molar-refractivity contribution in [3.8, 4) is 17.2 Å². The summed E-state index contributed by atoms with van der Waals surface area (Å²) in [5.41, 5.74) is 1.69. The number of aromatic nitrogens is 2. The van der Waals surface area contributed by atoms with Crippen molar-refractivity contribution in [2.45, 2.75) is 24.3 Å². The highest BCUT2D eigenvalue weighted by molar-refractivity contribution is 8.00. The number of ether oxygens (including phenoxy) is 2. The Kier molecular flexibility index (Phi) is 6.60. The van der Waals surface area contributed by atoms with Crippen LogP contribution >= 0.6 is 11.8 Å². The van der Waals surface area contributed by atoms with Gasteiger partial charge in [0.2, 0.25) is 5.91 Å². The summed E-state index contributed by atoms with van der Waals surface area (Å²) in [7, 11) is 1.64. The summed E-state index contributed by atoms with van der Waals surface area (Å²) in [5.74, 6) is 1.49. The molecule has 146 valence electrons. The first kappa shape index (κ1) is 19.8. The molecule has 7 heteroatoms. The van der Waals surface area contributed by atoms with E-state index in [0.29, 0.717) is 6.61 Å². The Labute approximate surface area is 168 Å². The third kappa shape index (κ3) is 4.86. The molecule has 0 fully saturated rings. The Hall–Kier alpha value is -2.93. The summed E-state index contributed by atoms with van der Waals surface area (Å²) < 4.78 is 12.6. The van der Waals surface area contributed by atoms with Gasteiger partial charge in [-0.2, -0.15) is 0 Å². The second kappa shape index (κ2) is 9.32. The van der Waals surface area contributed by atoms with Crippen LogP contribution in [-0.4, -0.2) is 34.4 Å². The topological polar surface area (TPSA) is 65.4 Å². The molecule has 28 heavy (non-hydrogen) atoms. The van der Waals surface area contributed by atoms with E-state index in [4.69, 9.17) is 9.47 Å². The zero-order valence-electron chi connectivity index (χ0n) is 16.1.